The molecule has 0 N–H and O–H groups in total. The summed E-state index contributed by atoms with van der Waals surface area (Å²) in [6.45, 7) is 0. The maximum Gasteiger partial charge on any atom is 0.137 e. The van der Waals surface area contributed by atoms with Crippen LogP contribution in [0.15, 0.2) is 180 Å². The molecular weight excluding hydrogens is 595 g/mol. The van der Waals surface area contributed by atoms with Crippen LogP contribution in [0, 0.1) is 0 Å². The van der Waals surface area contributed by atoms with Gasteiger partial charge in [0.1, 0.15) is 11.2 Å². The number of fused-ring (bicyclic) bond motifs is 15. The van der Waals surface area contributed by atoms with Gasteiger partial charge in [-0.25, -0.2) is 0 Å². The summed E-state index contributed by atoms with van der Waals surface area (Å²) in [5.74, 6) is 0. The molecule has 0 unspecified atom stereocenters. The first-order chi connectivity index (χ1) is 24.3. The lowest BCUT2D eigenvalue weighted by Crippen LogP contribution is -2.25. The molecule has 0 amide bonds. The molecule has 2 heteroatoms. The van der Waals surface area contributed by atoms with Crippen molar-refractivity contribution in [1.29, 1.82) is 0 Å². The smallest absolute Gasteiger partial charge is 0.137 e. The first-order valence-electron chi connectivity index (χ1n) is 16.9. The molecule has 8 aromatic carbocycles. The molecular formula is C47H29NO. The van der Waals surface area contributed by atoms with Crippen molar-refractivity contribution in [3.8, 4) is 22.3 Å². The van der Waals surface area contributed by atoms with E-state index >= 15 is 0 Å². The van der Waals surface area contributed by atoms with Crippen LogP contribution >= 0.6 is 0 Å². The fourth-order valence-corrected chi connectivity index (χ4v) is 8.99. The van der Waals surface area contributed by atoms with Gasteiger partial charge >= 0.3 is 0 Å². The number of anilines is 3. The van der Waals surface area contributed by atoms with E-state index in [2.05, 4.69) is 181 Å². The van der Waals surface area contributed by atoms with Gasteiger partial charge in [-0.2, -0.15) is 0 Å². The molecule has 1 spiro atoms. The predicted molar refractivity (Wildman–Crippen MR) is 202 cm³/mol. The van der Waals surface area contributed by atoms with E-state index in [1.54, 1.807) is 0 Å². The zero-order valence-electron chi connectivity index (χ0n) is 26.6. The second-order valence-electron chi connectivity index (χ2n) is 13.2. The monoisotopic (exact) mass is 623 g/mol. The largest absolute Gasteiger partial charge is 0.456 e. The lowest BCUT2D eigenvalue weighted by atomic mass is 9.70. The Bertz CT molecular complexity index is 2740. The molecule has 0 bridgehead atoms. The Labute approximate surface area is 284 Å². The number of benzene rings is 8. The van der Waals surface area contributed by atoms with Crippen LogP contribution in [0.2, 0.25) is 0 Å². The summed E-state index contributed by atoms with van der Waals surface area (Å²) in [5, 5.41) is 4.67. The van der Waals surface area contributed by atoms with Gasteiger partial charge in [-0.05, 0) is 97.7 Å². The molecule has 11 rings (SSSR count). The average molecular weight is 624 g/mol. The van der Waals surface area contributed by atoms with Gasteiger partial charge in [-0.1, -0.05) is 133 Å². The molecule has 0 saturated heterocycles. The van der Waals surface area contributed by atoms with Crippen molar-refractivity contribution < 1.29 is 4.42 Å². The van der Waals surface area contributed by atoms with E-state index in [0.717, 1.165) is 39.0 Å². The van der Waals surface area contributed by atoms with Crippen LogP contribution in [0.4, 0.5) is 17.1 Å². The molecule has 228 valence electrons. The Hall–Kier alpha value is -6.38. The number of furan rings is 1. The third kappa shape index (κ3) is 3.45. The maximum atomic E-state index is 6.55. The van der Waals surface area contributed by atoms with Crippen LogP contribution in [-0.4, -0.2) is 0 Å². The third-order valence-corrected chi connectivity index (χ3v) is 10.9. The van der Waals surface area contributed by atoms with Crippen LogP contribution in [0.25, 0.3) is 55.0 Å². The Morgan fingerprint density at radius 3 is 1.71 bits per heavy atom. The minimum absolute atomic E-state index is 0.366. The van der Waals surface area contributed by atoms with Crippen molar-refractivity contribution in [2.75, 3.05) is 4.90 Å². The Balaban J connectivity index is 1.21. The fourth-order valence-electron chi connectivity index (χ4n) is 8.99. The van der Waals surface area contributed by atoms with Gasteiger partial charge in [0.15, 0.2) is 0 Å². The summed E-state index contributed by atoms with van der Waals surface area (Å²) in [7, 11) is 0. The summed E-state index contributed by atoms with van der Waals surface area (Å²) in [5.41, 5.74) is 15.3. The predicted octanol–water partition coefficient (Wildman–Crippen LogP) is 12.6. The number of para-hydroxylation sites is 1. The van der Waals surface area contributed by atoms with Crippen molar-refractivity contribution in [3.05, 3.63) is 198 Å². The van der Waals surface area contributed by atoms with Gasteiger partial charge in [0, 0.05) is 16.8 Å². The summed E-state index contributed by atoms with van der Waals surface area (Å²) in [6, 6.07) is 64.1. The topological polar surface area (TPSA) is 16.4 Å². The fraction of sp³-hybridized carbons (Fsp3) is 0.0213. The summed E-state index contributed by atoms with van der Waals surface area (Å²) >= 11 is 0. The Kier molecular flexibility index (Phi) is 5.34. The van der Waals surface area contributed by atoms with Crippen molar-refractivity contribution in [1.82, 2.24) is 0 Å². The highest BCUT2D eigenvalue weighted by atomic mass is 16.3. The van der Waals surface area contributed by atoms with Crippen molar-refractivity contribution >= 4 is 49.8 Å². The number of hydrogen-bond donors (Lipinski definition) is 0. The van der Waals surface area contributed by atoms with E-state index < -0.39 is 0 Å². The van der Waals surface area contributed by atoms with E-state index in [4.69, 9.17) is 4.42 Å². The standard InChI is InChI=1S/C47H29NO/c1-2-14-31(15-3-1)48(42-23-12-24-43-46(42)45-33-16-5-4-13-30(33)25-28-44(45)49-43)32-26-27-41-37(29-32)36-19-8-11-22-40(36)47(41)38-20-9-6-17-34(38)35-18-7-10-21-39(35)47/h1-29H. The van der Waals surface area contributed by atoms with Crippen LogP contribution in [0.5, 0.6) is 0 Å². The van der Waals surface area contributed by atoms with Crippen molar-refractivity contribution in [2.45, 2.75) is 5.41 Å². The summed E-state index contributed by atoms with van der Waals surface area (Å²) in [6.07, 6.45) is 0. The minimum Gasteiger partial charge on any atom is -0.456 e. The highest BCUT2D eigenvalue weighted by Gasteiger charge is 2.51. The highest BCUT2D eigenvalue weighted by Crippen LogP contribution is 2.63. The molecule has 0 saturated carbocycles. The highest BCUT2D eigenvalue weighted by molar-refractivity contribution is 6.23. The molecule has 2 aliphatic carbocycles. The van der Waals surface area contributed by atoms with Crippen LogP contribution < -0.4 is 4.90 Å². The average Bonchev–Trinajstić information content (AvgIpc) is 3.80. The molecule has 0 fully saturated rings. The Morgan fingerprint density at radius 2 is 0.980 bits per heavy atom. The Morgan fingerprint density at radius 1 is 0.388 bits per heavy atom. The lowest BCUT2D eigenvalue weighted by Gasteiger charge is -2.31. The minimum atomic E-state index is -0.366. The van der Waals surface area contributed by atoms with Gasteiger partial charge in [0.25, 0.3) is 0 Å². The molecule has 1 heterocycles. The SMILES string of the molecule is c1ccc(N(c2ccc3c(c2)-c2ccccc2C32c3ccccc3-c3ccccc32)c2cccc3oc4ccc5ccccc5c4c23)cc1. The molecule has 0 radical (unpaired) electrons. The second-order valence-corrected chi connectivity index (χ2v) is 13.2. The number of nitrogens with zero attached hydrogens (tertiary/aromatic N) is 1. The van der Waals surface area contributed by atoms with Gasteiger partial charge in [0.2, 0.25) is 0 Å². The molecule has 2 nitrogen and oxygen atoms in total. The van der Waals surface area contributed by atoms with Gasteiger partial charge in [-0.15, -0.1) is 0 Å². The van der Waals surface area contributed by atoms with Crippen LogP contribution in [0.1, 0.15) is 22.3 Å². The molecule has 2 aliphatic rings. The number of hydrogen-bond acceptors (Lipinski definition) is 2. The quantitative estimate of drug-likeness (QED) is 0.195. The molecule has 9 aromatic rings. The van der Waals surface area contributed by atoms with E-state index in [1.165, 1.54) is 55.3 Å². The second kappa shape index (κ2) is 9.82. The summed E-state index contributed by atoms with van der Waals surface area (Å²) < 4.78 is 6.55. The maximum absolute atomic E-state index is 6.55. The molecule has 0 atom stereocenters. The summed E-state index contributed by atoms with van der Waals surface area (Å²) in [4.78, 5) is 2.41. The van der Waals surface area contributed by atoms with E-state index in [1.807, 2.05) is 0 Å². The van der Waals surface area contributed by atoms with Gasteiger partial charge in [-0.3, -0.25) is 0 Å². The van der Waals surface area contributed by atoms with Gasteiger partial charge in [0.05, 0.1) is 16.5 Å². The van der Waals surface area contributed by atoms with E-state index in [-0.39, 0.29) is 5.41 Å². The first-order valence-corrected chi connectivity index (χ1v) is 16.9. The van der Waals surface area contributed by atoms with E-state index in [9.17, 15) is 0 Å². The molecule has 49 heavy (non-hydrogen) atoms. The lowest BCUT2D eigenvalue weighted by molar-refractivity contribution is 0.669. The molecule has 1 aromatic heterocycles. The van der Waals surface area contributed by atoms with Crippen molar-refractivity contribution in [2.24, 2.45) is 0 Å². The zero-order chi connectivity index (χ0) is 32.1. The normalized spacial score (nSPS) is 13.5. The van der Waals surface area contributed by atoms with Crippen LogP contribution in [0.3, 0.4) is 0 Å². The number of rotatable bonds is 3. The van der Waals surface area contributed by atoms with Crippen molar-refractivity contribution in [3.63, 3.8) is 0 Å². The van der Waals surface area contributed by atoms with Crippen LogP contribution in [-0.2, 0) is 5.41 Å². The zero-order valence-corrected chi connectivity index (χ0v) is 26.6. The van der Waals surface area contributed by atoms with E-state index in [0.29, 0.717) is 0 Å². The third-order valence-electron chi connectivity index (χ3n) is 10.9. The molecule has 0 aliphatic heterocycles. The first kappa shape index (κ1) is 26.7. The van der Waals surface area contributed by atoms with Gasteiger partial charge < -0.3 is 9.32 Å².